The fourth-order valence-corrected chi connectivity index (χ4v) is 4.45. The molecule has 1 saturated carbocycles. The van der Waals surface area contributed by atoms with Crippen LogP contribution in [0.3, 0.4) is 0 Å². The van der Waals surface area contributed by atoms with E-state index in [2.05, 4.69) is 6.92 Å². The molecule has 0 spiro atoms. The first-order chi connectivity index (χ1) is 11.7. The van der Waals surface area contributed by atoms with E-state index in [4.69, 9.17) is 5.11 Å². The minimum atomic E-state index is -0.647. The van der Waals surface area contributed by atoms with Crippen molar-refractivity contribution in [1.82, 2.24) is 0 Å². The summed E-state index contributed by atoms with van der Waals surface area (Å²) in [6, 6.07) is 0. The first-order valence-corrected chi connectivity index (χ1v) is 11.0. The van der Waals surface area contributed by atoms with Gasteiger partial charge in [0.15, 0.2) is 0 Å². The van der Waals surface area contributed by atoms with Crippen LogP contribution in [0, 0.1) is 11.8 Å². The summed E-state index contributed by atoms with van der Waals surface area (Å²) in [6.45, 7) is 2.29. The van der Waals surface area contributed by atoms with E-state index in [1.807, 2.05) is 0 Å². The lowest BCUT2D eigenvalue weighted by molar-refractivity contribution is -0.137. The molecule has 0 aromatic heterocycles. The van der Waals surface area contributed by atoms with Crippen LogP contribution in [0.4, 0.5) is 0 Å². The molecule has 2 unspecified atom stereocenters. The van der Waals surface area contributed by atoms with Crippen LogP contribution in [0.2, 0.25) is 0 Å². The standard InChI is InChI=1S/C22H42O2/c1-2-3-4-8-11-15-20-17-14-18-21(20)16-12-9-6-5-7-10-13-19-22(23)24/h20-21H,2-19H2,1H3,(H,23,24). The normalized spacial score (nSPS) is 20.5. The van der Waals surface area contributed by atoms with Crippen molar-refractivity contribution in [2.45, 2.75) is 122 Å². The second-order valence-electron chi connectivity index (χ2n) is 8.06. The minimum absolute atomic E-state index is 0.349. The van der Waals surface area contributed by atoms with Gasteiger partial charge in [-0.15, -0.1) is 0 Å². The molecule has 0 bridgehead atoms. The molecule has 2 atom stereocenters. The average Bonchev–Trinajstić information content (AvgIpc) is 3.00. The number of unbranched alkanes of at least 4 members (excludes halogenated alkanes) is 10. The second kappa shape index (κ2) is 14.8. The van der Waals surface area contributed by atoms with E-state index >= 15 is 0 Å². The van der Waals surface area contributed by atoms with Gasteiger partial charge in [0.2, 0.25) is 0 Å². The highest BCUT2D eigenvalue weighted by Gasteiger charge is 2.25. The van der Waals surface area contributed by atoms with Gasteiger partial charge in [0.1, 0.15) is 0 Å². The van der Waals surface area contributed by atoms with Gasteiger partial charge in [0, 0.05) is 6.42 Å². The van der Waals surface area contributed by atoms with Gasteiger partial charge in [-0.05, 0) is 18.3 Å². The lowest BCUT2D eigenvalue weighted by atomic mass is 9.86. The molecule has 1 aliphatic rings. The van der Waals surface area contributed by atoms with Crippen LogP contribution in [0.15, 0.2) is 0 Å². The Morgan fingerprint density at radius 1 is 0.750 bits per heavy atom. The van der Waals surface area contributed by atoms with Gasteiger partial charge in [-0.1, -0.05) is 110 Å². The fourth-order valence-electron chi connectivity index (χ4n) is 4.45. The maximum absolute atomic E-state index is 10.4. The van der Waals surface area contributed by atoms with Crippen LogP contribution in [0.1, 0.15) is 122 Å². The predicted octanol–water partition coefficient (Wildman–Crippen LogP) is 7.36. The molecule has 0 aromatic rings. The number of carbonyl (C=O) groups is 1. The molecule has 0 radical (unpaired) electrons. The molecule has 2 nitrogen and oxygen atoms in total. The number of carboxylic acids is 1. The molecular formula is C22H42O2. The average molecular weight is 339 g/mol. The Balaban J connectivity index is 1.92. The summed E-state index contributed by atoms with van der Waals surface area (Å²) in [5.41, 5.74) is 0. The van der Waals surface area contributed by atoms with Crippen molar-refractivity contribution in [3.8, 4) is 0 Å². The molecule has 0 heterocycles. The van der Waals surface area contributed by atoms with Crippen molar-refractivity contribution >= 4 is 5.97 Å². The van der Waals surface area contributed by atoms with Crippen molar-refractivity contribution in [3.63, 3.8) is 0 Å². The number of hydrogen-bond acceptors (Lipinski definition) is 1. The number of rotatable bonds is 16. The third-order valence-corrected chi connectivity index (χ3v) is 5.96. The summed E-state index contributed by atoms with van der Waals surface area (Å²) < 4.78 is 0. The Labute approximate surface area is 150 Å². The van der Waals surface area contributed by atoms with Gasteiger partial charge in [0.05, 0.1) is 0 Å². The number of hydrogen-bond donors (Lipinski definition) is 1. The number of aliphatic carboxylic acids is 1. The highest BCUT2D eigenvalue weighted by Crippen LogP contribution is 2.38. The third-order valence-electron chi connectivity index (χ3n) is 5.96. The summed E-state index contributed by atoms with van der Waals surface area (Å²) in [5, 5.41) is 8.60. The topological polar surface area (TPSA) is 37.3 Å². The highest BCUT2D eigenvalue weighted by molar-refractivity contribution is 5.66. The van der Waals surface area contributed by atoms with Crippen molar-refractivity contribution in [1.29, 1.82) is 0 Å². The van der Waals surface area contributed by atoms with E-state index < -0.39 is 5.97 Å². The summed E-state index contributed by atoms with van der Waals surface area (Å²) in [7, 11) is 0. The molecule has 0 aromatic carbocycles. The van der Waals surface area contributed by atoms with Crippen molar-refractivity contribution < 1.29 is 9.90 Å². The van der Waals surface area contributed by atoms with Gasteiger partial charge >= 0.3 is 5.97 Å². The Morgan fingerprint density at radius 3 is 1.71 bits per heavy atom. The maximum Gasteiger partial charge on any atom is 0.303 e. The van der Waals surface area contributed by atoms with Gasteiger partial charge < -0.3 is 5.11 Å². The second-order valence-corrected chi connectivity index (χ2v) is 8.06. The predicted molar refractivity (Wildman–Crippen MR) is 103 cm³/mol. The van der Waals surface area contributed by atoms with Gasteiger partial charge in [-0.2, -0.15) is 0 Å². The summed E-state index contributed by atoms with van der Waals surface area (Å²) in [6.07, 6.45) is 23.6. The van der Waals surface area contributed by atoms with E-state index in [9.17, 15) is 4.79 Å². The van der Waals surface area contributed by atoms with Crippen LogP contribution in [0.25, 0.3) is 0 Å². The Morgan fingerprint density at radius 2 is 1.21 bits per heavy atom. The van der Waals surface area contributed by atoms with E-state index in [0.717, 1.165) is 24.7 Å². The molecule has 2 heteroatoms. The lowest BCUT2D eigenvalue weighted by Crippen LogP contribution is -2.08. The summed E-state index contributed by atoms with van der Waals surface area (Å²) >= 11 is 0. The third kappa shape index (κ3) is 11.1. The molecule has 142 valence electrons. The quantitative estimate of drug-likeness (QED) is 0.298. The molecule has 24 heavy (non-hydrogen) atoms. The molecule has 1 rings (SSSR count). The van der Waals surface area contributed by atoms with Gasteiger partial charge in [-0.3, -0.25) is 4.79 Å². The zero-order valence-corrected chi connectivity index (χ0v) is 16.2. The molecule has 0 amide bonds. The van der Waals surface area contributed by atoms with E-state index in [1.165, 1.54) is 96.3 Å². The zero-order valence-electron chi connectivity index (χ0n) is 16.2. The van der Waals surface area contributed by atoms with Crippen LogP contribution in [-0.4, -0.2) is 11.1 Å². The van der Waals surface area contributed by atoms with Crippen LogP contribution < -0.4 is 0 Å². The van der Waals surface area contributed by atoms with Crippen LogP contribution in [-0.2, 0) is 4.79 Å². The fraction of sp³-hybridized carbons (Fsp3) is 0.955. The molecule has 1 N–H and O–H groups in total. The van der Waals surface area contributed by atoms with Crippen LogP contribution >= 0.6 is 0 Å². The Hall–Kier alpha value is -0.530. The number of carboxylic acid groups (broad SMARTS) is 1. The van der Waals surface area contributed by atoms with Gasteiger partial charge in [-0.25, -0.2) is 0 Å². The Bertz CT molecular complexity index is 300. The first-order valence-electron chi connectivity index (χ1n) is 11.0. The molecule has 1 aliphatic carbocycles. The van der Waals surface area contributed by atoms with Gasteiger partial charge in [0.25, 0.3) is 0 Å². The Kier molecular flexibility index (Phi) is 13.3. The first kappa shape index (κ1) is 21.5. The zero-order chi connectivity index (χ0) is 17.5. The molecule has 0 saturated heterocycles. The van der Waals surface area contributed by atoms with Crippen LogP contribution in [0.5, 0.6) is 0 Å². The monoisotopic (exact) mass is 338 g/mol. The van der Waals surface area contributed by atoms with E-state index in [1.54, 1.807) is 0 Å². The SMILES string of the molecule is CCCCCCCC1CCCC1CCCCCCCCCC(=O)O. The smallest absolute Gasteiger partial charge is 0.303 e. The summed E-state index contributed by atoms with van der Waals surface area (Å²) in [5.74, 6) is 1.43. The van der Waals surface area contributed by atoms with E-state index in [-0.39, 0.29) is 0 Å². The maximum atomic E-state index is 10.4. The van der Waals surface area contributed by atoms with Crippen molar-refractivity contribution in [3.05, 3.63) is 0 Å². The van der Waals surface area contributed by atoms with Crippen molar-refractivity contribution in [2.75, 3.05) is 0 Å². The molecular weight excluding hydrogens is 296 g/mol. The largest absolute Gasteiger partial charge is 0.481 e. The minimum Gasteiger partial charge on any atom is -0.481 e. The van der Waals surface area contributed by atoms with Crippen molar-refractivity contribution in [2.24, 2.45) is 11.8 Å². The van der Waals surface area contributed by atoms with E-state index in [0.29, 0.717) is 6.42 Å². The summed E-state index contributed by atoms with van der Waals surface area (Å²) in [4.78, 5) is 10.4. The highest BCUT2D eigenvalue weighted by atomic mass is 16.4. The lowest BCUT2D eigenvalue weighted by Gasteiger charge is -2.19. The molecule has 0 aliphatic heterocycles. The molecule has 1 fully saturated rings.